The molecular formula is C28H28F3N3O5. The summed E-state index contributed by atoms with van der Waals surface area (Å²) in [7, 11) is 0. The number of nitrogens with one attached hydrogen (secondary N) is 2. The Morgan fingerprint density at radius 3 is 2.31 bits per heavy atom. The Morgan fingerprint density at radius 2 is 1.72 bits per heavy atom. The minimum Gasteiger partial charge on any atom is -0.345 e. The number of hydrogen-bond donors (Lipinski definition) is 2. The molecule has 8 nitrogen and oxygen atoms in total. The van der Waals surface area contributed by atoms with Crippen molar-refractivity contribution in [3.8, 4) is 0 Å². The molecule has 39 heavy (non-hydrogen) atoms. The molecule has 2 heterocycles. The number of imide groups is 1. The smallest absolute Gasteiger partial charge is 0.345 e. The first-order valence-electron chi connectivity index (χ1n) is 12.8. The van der Waals surface area contributed by atoms with Gasteiger partial charge >= 0.3 is 6.18 Å². The zero-order chi connectivity index (χ0) is 28.5. The summed E-state index contributed by atoms with van der Waals surface area (Å²) in [4.78, 5) is 62.7. The monoisotopic (exact) mass is 543 g/mol. The van der Waals surface area contributed by atoms with Gasteiger partial charge in [0.05, 0.1) is 5.41 Å². The first-order valence-corrected chi connectivity index (χ1v) is 12.8. The number of alkyl halides is 3. The quantitative estimate of drug-likeness (QED) is 0.329. The van der Waals surface area contributed by atoms with E-state index in [2.05, 4.69) is 10.6 Å². The molecule has 206 valence electrons. The van der Waals surface area contributed by atoms with E-state index in [0.29, 0.717) is 16.7 Å². The van der Waals surface area contributed by atoms with E-state index in [4.69, 9.17) is 0 Å². The lowest BCUT2D eigenvalue weighted by molar-refractivity contribution is -0.160. The first kappa shape index (κ1) is 28.0. The molecule has 0 bridgehead atoms. The number of hydrogen-bond acceptors (Lipinski definition) is 5. The van der Waals surface area contributed by atoms with Crippen LogP contribution in [0.15, 0.2) is 42.5 Å². The SMILES string of the molecule is CC.O=C1CCC(N2Cc3cc(CNC(=O)C(=O)c4ccc(C5(C(F)(F)F)CC5)cc4)ccc3C2=O)C(=O)N1. The van der Waals surface area contributed by atoms with E-state index >= 15 is 0 Å². The molecular weight excluding hydrogens is 515 g/mol. The van der Waals surface area contributed by atoms with Gasteiger partial charge in [0.15, 0.2) is 0 Å². The van der Waals surface area contributed by atoms with Gasteiger partial charge in [0.25, 0.3) is 11.8 Å². The van der Waals surface area contributed by atoms with Gasteiger partial charge in [0.1, 0.15) is 6.04 Å². The molecule has 2 fully saturated rings. The maximum Gasteiger partial charge on any atom is 0.398 e. The van der Waals surface area contributed by atoms with E-state index in [-0.39, 0.29) is 61.7 Å². The van der Waals surface area contributed by atoms with E-state index in [1.807, 2.05) is 13.8 Å². The Kier molecular flexibility index (Phi) is 7.63. The van der Waals surface area contributed by atoms with Crippen molar-refractivity contribution in [3.05, 3.63) is 70.3 Å². The molecule has 0 radical (unpaired) electrons. The summed E-state index contributed by atoms with van der Waals surface area (Å²) in [5.74, 6) is -2.99. The molecule has 2 aromatic rings. The van der Waals surface area contributed by atoms with Crippen LogP contribution < -0.4 is 10.6 Å². The molecule has 2 aromatic carbocycles. The molecule has 1 aliphatic carbocycles. The molecule has 2 N–H and O–H groups in total. The maximum absolute atomic E-state index is 13.3. The van der Waals surface area contributed by atoms with Gasteiger partial charge in [-0.05, 0) is 42.0 Å². The van der Waals surface area contributed by atoms with E-state index in [1.165, 1.54) is 29.2 Å². The molecule has 1 atom stereocenters. The number of nitrogens with zero attached hydrogens (tertiary/aromatic N) is 1. The Hall–Kier alpha value is -4.02. The molecule has 1 saturated carbocycles. The standard InChI is InChI=1S/C26H22F3N3O5.C2H6/c27-26(28,29)25(9-10-25)17-4-2-15(3-5-17)21(34)23(36)30-12-14-1-6-18-16(11-14)13-32(24(18)37)19-7-8-20(33)31-22(19)35;1-2/h1-6,11,19H,7-10,12-13H2,(H,30,36)(H,31,33,35);1-2H3. The largest absolute Gasteiger partial charge is 0.398 e. The number of halogens is 3. The number of benzene rings is 2. The van der Waals surface area contributed by atoms with Gasteiger partial charge in [-0.25, -0.2) is 0 Å². The van der Waals surface area contributed by atoms with Crippen LogP contribution in [0.4, 0.5) is 13.2 Å². The molecule has 2 aliphatic heterocycles. The predicted molar refractivity (Wildman–Crippen MR) is 133 cm³/mol. The average Bonchev–Trinajstić information content (AvgIpc) is 3.68. The summed E-state index contributed by atoms with van der Waals surface area (Å²) < 4.78 is 39.9. The van der Waals surface area contributed by atoms with Crippen LogP contribution in [0.1, 0.15) is 76.9 Å². The molecule has 4 amide bonds. The normalized spacial score (nSPS) is 19.5. The van der Waals surface area contributed by atoms with Crippen molar-refractivity contribution < 1.29 is 37.1 Å². The fourth-order valence-electron chi connectivity index (χ4n) is 4.93. The number of Topliss-reactive ketones (excluding diaryl/α,β-unsaturated/α-hetero) is 1. The highest BCUT2D eigenvalue weighted by Gasteiger charge is 2.64. The highest BCUT2D eigenvalue weighted by Crippen LogP contribution is 2.58. The van der Waals surface area contributed by atoms with Crippen molar-refractivity contribution in [2.75, 3.05) is 0 Å². The van der Waals surface area contributed by atoms with Crippen molar-refractivity contribution in [1.29, 1.82) is 0 Å². The molecule has 1 saturated heterocycles. The van der Waals surface area contributed by atoms with Crippen LogP contribution in [0.3, 0.4) is 0 Å². The summed E-state index contributed by atoms with van der Waals surface area (Å²) >= 11 is 0. The summed E-state index contributed by atoms with van der Waals surface area (Å²) in [6.07, 6.45) is -3.97. The zero-order valence-corrected chi connectivity index (χ0v) is 21.5. The number of rotatable bonds is 6. The first-order chi connectivity index (χ1) is 18.5. The molecule has 0 aromatic heterocycles. The van der Waals surface area contributed by atoms with Crippen LogP contribution in [0.5, 0.6) is 0 Å². The van der Waals surface area contributed by atoms with Crippen molar-refractivity contribution in [2.24, 2.45) is 0 Å². The second kappa shape index (κ2) is 10.6. The minimum absolute atomic E-state index is 0.00193. The molecule has 1 unspecified atom stereocenters. The molecule has 3 aliphatic rings. The van der Waals surface area contributed by atoms with Gasteiger partial charge in [-0.1, -0.05) is 50.2 Å². The minimum atomic E-state index is -4.37. The van der Waals surface area contributed by atoms with E-state index in [1.54, 1.807) is 18.2 Å². The van der Waals surface area contributed by atoms with Crippen molar-refractivity contribution in [1.82, 2.24) is 15.5 Å². The van der Waals surface area contributed by atoms with E-state index < -0.39 is 35.2 Å². The summed E-state index contributed by atoms with van der Waals surface area (Å²) in [5, 5.41) is 4.74. The van der Waals surface area contributed by atoms with Gasteiger partial charge in [-0.2, -0.15) is 13.2 Å². The third kappa shape index (κ3) is 5.30. The van der Waals surface area contributed by atoms with Crippen LogP contribution >= 0.6 is 0 Å². The number of carbonyl (C=O) groups is 5. The number of amides is 4. The fourth-order valence-corrected chi connectivity index (χ4v) is 4.93. The second-order valence-corrected chi connectivity index (χ2v) is 9.56. The van der Waals surface area contributed by atoms with Gasteiger partial charge < -0.3 is 10.2 Å². The predicted octanol–water partition coefficient (Wildman–Crippen LogP) is 3.57. The third-order valence-electron chi connectivity index (χ3n) is 7.24. The zero-order valence-electron chi connectivity index (χ0n) is 21.5. The van der Waals surface area contributed by atoms with Crippen molar-refractivity contribution in [3.63, 3.8) is 0 Å². The summed E-state index contributed by atoms with van der Waals surface area (Å²) in [6.45, 7) is 4.16. The van der Waals surface area contributed by atoms with Crippen LogP contribution in [0.2, 0.25) is 0 Å². The number of fused-ring (bicyclic) bond motifs is 1. The lowest BCUT2D eigenvalue weighted by atomic mass is 9.94. The van der Waals surface area contributed by atoms with Crippen molar-refractivity contribution >= 4 is 29.4 Å². The Bertz CT molecular complexity index is 1330. The Balaban J connectivity index is 0.00000172. The fraction of sp³-hybridized carbons (Fsp3) is 0.393. The third-order valence-corrected chi connectivity index (χ3v) is 7.24. The summed E-state index contributed by atoms with van der Waals surface area (Å²) in [5.41, 5.74) is -0.103. The van der Waals surface area contributed by atoms with Gasteiger partial charge in [0.2, 0.25) is 17.6 Å². The van der Waals surface area contributed by atoms with Gasteiger partial charge in [-0.3, -0.25) is 29.3 Å². The van der Waals surface area contributed by atoms with Gasteiger partial charge in [0, 0.05) is 30.6 Å². The lowest BCUT2D eigenvalue weighted by Crippen LogP contribution is -2.52. The Morgan fingerprint density at radius 1 is 1.05 bits per heavy atom. The highest BCUT2D eigenvalue weighted by molar-refractivity contribution is 6.42. The number of ketones is 1. The van der Waals surface area contributed by atoms with Crippen molar-refractivity contribution in [2.45, 2.75) is 70.3 Å². The van der Waals surface area contributed by atoms with Crippen LogP contribution in [0.25, 0.3) is 0 Å². The topological polar surface area (TPSA) is 113 Å². The van der Waals surface area contributed by atoms with E-state index in [0.717, 1.165) is 0 Å². The average molecular weight is 544 g/mol. The van der Waals surface area contributed by atoms with Crippen LogP contribution in [-0.4, -0.2) is 46.5 Å². The second-order valence-electron chi connectivity index (χ2n) is 9.56. The van der Waals surface area contributed by atoms with Crippen LogP contribution in [-0.2, 0) is 32.9 Å². The molecule has 5 rings (SSSR count). The maximum atomic E-state index is 13.3. The Labute approximate surface area is 222 Å². The van der Waals surface area contributed by atoms with E-state index in [9.17, 15) is 37.1 Å². The lowest BCUT2D eigenvalue weighted by Gasteiger charge is -2.29. The van der Waals surface area contributed by atoms with Gasteiger partial charge in [-0.15, -0.1) is 0 Å². The van der Waals surface area contributed by atoms with Crippen LogP contribution in [0, 0.1) is 0 Å². The summed E-state index contributed by atoms with van der Waals surface area (Å²) in [6, 6.07) is 9.11. The highest BCUT2D eigenvalue weighted by atomic mass is 19.4. The molecule has 0 spiro atoms. The molecule has 11 heteroatoms. The number of carbonyl (C=O) groups excluding carboxylic acids is 5. The number of piperidine rings is 1.